The molecule has 1 aliphatic rings. The van der Waals surface area contributed by atoms with Crippen LogP contribution in [-0.4, -0.2) is 57.5 Å². The number of nitrogens with zero attached hydrogens (tertiary/aromatic N) is 1. The van der Waals surface area contributed by atoms with Crippen molar-refractivity contribution in [3.8, 4) is 0 Å². The van der Waals surface area contributed by atoms with Crippen LogP contribution in [0.2, 0.25) is 0 Å². The largest absolute Gasteiger partial charge is 0.315 e. The van der Waals surface area contributed by atoms with Gasteiger partial charge >= 0.3 is 0 Å². The molecule has 1 rings (SSSR count). The average Bonchev–Trinajstić information content (AvgIpc) is 2.67. The molecule has 0 radical (unpaired) electrons. The fourth-order valence-corrected chi connectivity index (χ4v) is 2.48. The number of nitrogens with one attached hydrogen (secondary N) is 1. The van der Waals surface area contributed by atoms with Gasteiger partial charge in [-0.2, -0.15) is 0 Å². The van der Waals surface area contributed by atoms with Crippen LogP contribution in [0.25, 0.3) is 0 Å². The van der Waals surface area contributed by atoms with Gasteiger partial charge < -0.3 is 10.2 Å². The maximum absolute atomic E-state index is 11.3. The molecule has 0 saturated carbocycles. The molecular formula is C9H20N2O2S. The molecule has 5 heteroatoms. The van der Waals surface area contributed by atoms with E-state index in [0.717, 1.165) is 19.5 Å². The molecule has 4 nitrogen and oxygen atoms in total. The van der Waals surface area contributed by atoms with Gasteiger partial charge in [-0.3, -0.25) is 0 Å². The molecule has 1 aliphatic heterocycles. The van der Waals surface area contributed by atoms with E-state index in [0.29, 0.717) is 12.6 Å². The van der Waals surface area contributed by atoms with Crippen LogP contribution in [0.1, 0.15) is 13.3 Å². The molecule has 1 N–H and O–H groups in total. The van der Waals surface area contributed by atoms with Crippen molar-refractivity contribution in [3.63, 3.8) is 0 Å². The Labute approximate surface area is 86.6 Å². The molecule has 0 aromatic heterocycles. The van der Waals surface area contributed by atoms with Crippen molar-refractivity contribution in [3.05, 3.63) is 0 Å². The predicted octanol–water partition coefficient (Wildman–Crippen LogP) is -0.285. The Morgan fingerprint density at radius 2 is 2.21 bits per heavy atom. The van der Waals surface area contributed by atoms with Gasteiger partial charge in [-0.25, -0.2) is 8.42 Å². The van der Waals surface area contributed by atoms with Crippen LogP contribution in [0.4, 0.5) is 0 Å². The summed E-state index contributed by atoms with van der Waals surface area (Å²) in [6, 6.07) is 0.516. The molecule has 1 saturated heterocycles. The first-order valence-corrected chi connectivity index (χ1v) is 6.98. The summed E-state index contributed by atoms with van der Waals surface area (Å²) < 4.78 is 22.6. The van der Waals surface area contributed by atoms with Gasteiger partial charge in [0.1, 0.15) is 0 Å². The van der Waals surface area contributed by atoms with Gasteiger partial charge in [0.25, 0.3) is 0 Å². The van der Waals surface area contributed by atoms with Gasteiger partial charge in [-0.1, -0.05) is 6.92 Å². The molecule has 0 bridgehead atoms. The number of hydrogen-bond donors (Lipinski definition) is 1. The van der Waals surface area contributed by atoms with E-state index in [1.54, 1.807) is 6.92 Å². The first kappa shape index (κ1) is 11.9. The summed E-state index contributed by atoms with van der Waals surface area (Å²) in [5, 5.41) is 3.27. The lowest BCUT2D eigenvalue weighted by molar-refractivity contribution is 0.271. The Hall–Kier alpha value is -0.130. The van der Waals surface area contributed by atoms with Crippen LogP contribution in [0.3, 0.4) is 0 Å². The second kappa shape index (κ2) is 5.09. The van der Waals surface area contributed by atoms with E-state index in [1.807, 2.05) is 7.05 Å². The van der Waals surface area contributed by atoms with Crippen LogP contribution < -0.4 is 5.32 Å². The molecule has 0 aromatic carbocycles. The van der Waals surface area contributed by atoms with Crippen molar-refractivity contribution in [1.29, 1.82) is 0 Å². The fraction of sp³-hybridized carbons (Fsp3) is 1.00. The Kier molecular flexibility index (Phi) is 4.34. The highest BCUT2D eigenvalue weighted by atomic mass is 32.2. The molecule has 14 heavy (non-hydrogen) atoms. The molecule has 1 atom stereocenters. The average molecular weight is 220 g/mol. The van der Waals surface area contributed by atoms with E-state index in [2.05, 4.69) is 10.2 Å². The van der Waals surface area contributed by atoms with E-state index < -0.39 is 9.84 Å². The van der Waals surface area contributed by atoms with Crippen LogP contribution >= 0.6 is 0 Å². The van der Waals surface area contributed by atoms with Crippen molar-refractivity contribution < 1.29 is 8.42 Å². The zero-order valence-corrected chi connectivity index (χ0v) is 9.81. The Morgan fingerprint density at radius 3 is 2.71 bits per heavy atom. The van der Waals surface area contributed by atoms with E-state index in [1.165, 1.54) is 0 Å². The monoisotopic (exact) mass is 220 g/mol. The molecule has 0 aliphatic carbocycles. The highest BCUT2D eigenvalue weighted by Crippen LogP contribution is 2.06. The zero-order chi connectivity index (χ0) is 10.6. The molecule has 1 fully saturated rings. The summed E-state index contributed by atoms with van der Waals surface area (Å²) in [6.07, 6.45) is 1.13. The molecule has 0 spiro atoms. The Morgan fingerprint density at radius 1 is 1.50 bits per heavy atom. The summed E-state index contributed by atoms with van der Waals surface area (Å²) in [5.41, 5.74) is 0. The maximum Gasteiger partial charge on any atom is 0.151 e. The standard InChI is InChI=1S/C9H20N2O2S/c1-3-14(12,13)7-6-11(2)9-4-5-10-8-9/h9-10H,3-8H2,1-2H3. The SMILES string of the molecule is CCS(=O)(=O)CCN(C)C1CCNC1. The Bertz CT molecular complexity index is 258. The summed E-state index contributed by atoms with van der Waals surface area (Å²) in [5.74, 6) is 0.542. The van der Waals surface area contributed by atoms with Crippen LogP contribution in [0.15, 0.2) is 0 Å². The lowest BCUT2D eigenvalue weighted by atomic mass is 10.2. The second-order valence-corrected chi connectivity index (χ2v) is 6.34. The molecular weight excluding hydrogens is 200 g/mol. The second-order valence-electron chi connectivity index (χ2n) is 3.86. The minimum Gasteiger partial charge on any atom is -0.315 e. The lowest BCUT2D eigenvalue weighted by Crippen LogP contribution is -2.36. The van der Waals surface area contributed by atoms with Crippen molar-refractivity contribution in [2.24, 2.45) is 0 Å². The summed E-state index contributed by atoms with van der Waals surface area (Å²) in [7, 11) is -0.803. The minimum atomic E-state index is -2.81. The molecule has 1 heterocycles. The molecule has 1 unspecified atom stereocenters. The number of rotatable bonds is 5. The first-order valence-electron chi connectivity index (χ1n) is 5.16. The van der Waals surface area contributed by atoms with Crippen molar-refractivity contribution >= 4 is 9.84 Å². The topological polar surface area (TPSA) is 49.4 Å². The summed E-state index contributed by atoms with van der Waals surface area (Å²) in [4.78, 5) is 2.15. The van der Waals surface area contributed by atoms with Crippen molar-refractivity contribution in [2.45, 2.75) is 19.4 Å². The maximum atomic E-state index is 11.3. The van der Waals surface area contributed by atoms with Crippen molar-refractivity contribution in [1.82, 2.24) is 10.2 Å². The van der Waals surface area contributed by atoms with Gasteiger partial charge in [0, 0.05) is 24.9 Å². The minimum absolute atomic E-state index is 0.254. The van der Waals surface area contributed by atoms with Crippen molar-refractivity contribution in [2.75, 3.05) is 38.2 Å². The third-order valence-electron chi connectivity index (χ3n) is 2.85. The van der Waals surface area contributed by atoms with Gasteiger partial charge in [-0.15, -0.1) is 0 Å². The van der Waals surface area contributed by atoms with Crippen LogP contribution in [0.5, 0.6) is 0 Å². The molecule has 0 aromatic rings. The third kappa shape index (κ3) is 3.55. The summed E-state index contributed by atoms with van der Waals surface area (Å²) >= 11 is 0. The highest BCUT2D eigenvalue weighted by Gasteiger charge is 2.20. The Balaban J connectivity index is 2.30. The smallest absolute Gasteiger partial charge is 0.151 e. The molecule has 0 amide bonds. The van der Waals surface area contributed by atoms with Crippen LogP contribution in [0, 0.1) is 0 Å². The summed E-state index contributed by atoms with van der Waals surface area (Å²) in [6.45, 7) is 4.40. The van der Waals surface area contributed by atoms with Gasteiger partial charge in [0.2, 0.25) is 0 Å². The third-order valence-corrected chi connectivity index (χ3v) is 4.54. The van der Waals surface area contributed by atoms with E-state index in [-0.39, 0.29) is 11.5 Å². The fourth-order valence-electron chi connectivity index (χ4n) is 1.63. The van der Waals surface area contributed by atoms with Crippen LogP contribution in [-0.2, 0) is 9.84 Å². The quantitative estimate of drug-likeness (QED) is 0.692. The number of sulfone groups is 1. The number of likely N-dealkylation sites (N-methyl/N-ethyl adjacent to an activating group) is 1. The van der Waals surface area contributed by atoms with Gasteiger partial charge in [-0.05, 0) is 20.0 Å². The highest BCUT2D eigenvalue weighted by molar-refractivity contribution is 7.91. The normalized spacial score (nSPS) is 23.2. The lowest BCUT2D eigenvalue weighted by Gasteiger charge is -2.22. The van der Waals surface area contributed by atoms with Gasteiger partial charge in [0.05, 0.1) is 5.75 Å². The molecule has 84 valence electrons. The number of hydrogen-bond acceptors (Lipinski definition) is 4. The first-order chi connectivity index (χ1) is 6.55. The van der Waals surface area contributed by atoms with Gasteiger partial charge in [0.15, 0.2) is 9.84 Å². The van der Waals surface area contributed by atoms with E-state index in [9.17, 15) is 8.42 Å². The predicted molar refractivity (Wildman–Crippen MR) is 58.2 cm³/mol. The van der Waals surface area contributed by atoms with E-state index in [4.69, 9.17) is 0 Å². The zero-order valence-electron chi connectivity index (χ0n) is 8.99. The van der Waals surface area contributed by atoms with E-state index >= 15 is 0 Å².